The van der Waals surface area contributed by atoms with E-state index in [4.69, 9.17) is 15.2 Å². The number of esters is 1. The Morgan fingerprint density at radius 3 is 2.52 bits per heavy atom. The molecule has 7 heteroatoms. The number of rotatable bonds is 4. The number of fused-ring (bicyclic) bond motifs is 1. The van der Waals surface area contributed by atoms with Crippen LogP contribution in [0, 0.1) is 0 Å². The van der Waals surface area contributed by atoms with Crippen LogP contribution in [0.2, 0.25) is 0 Å². The van der Waals surface area contributed by atoms with E-state index in [0.29, 0.717) is 25.9 Å². The van der Waals surface area contributed by atoms with Gasteiger partial charge in [-0.1, -0.05) is 24.3 Å². The molecule has 0 saturated carbocycles. The number of halogens is 1. The molecule has 1 heterocycles. The van der Waals surface area contributed by atoms with Crippen LogP contribution >= 0.6 is 12.4 Å². The Kier molecular flexibility index (Phi) is 6.43. The van der Waals surface area contributed by atoms with Crippen LogP contribution in [0.5, 0.6) is 0 Å². The average Bonchev–Trinajstić information content (AvgIpc) is 2.93. The second-order valence-corrected chi connectivity index (χ2v) is 6.73. The summed E-state index contributed by atoms with van der Waals surface area (Å²) >= 11 is 0. The number of methoxy groups -OCH3 is 1. The van der Waals surface area contributed by atoms with Crippen molar-refractivity contribution in [3.63, 3.8) is 0 Å². The number of hydrogen-bond acceptors (Lipinski definition) is 5. The molecule has 0 spiro atoms. The van der Waals surface area contributed by atoms with Crippen LogP contribution in [0.3, 0.4) is 0 Å². The van der Waals surface area contributed by atoms with Gasteiger partial charge in [0, 0.05) is 25.5 Å². The molecule has 1 aliphatic heterocycles. The minimum absolute atomic E-state index is 0. The third-order valence-corrected chi connectivity index (χ3v) is 4.88. The second kappa shape index (κ2) is 8.17. The lowest BCUT2D eigenvalue weighted by molar-refractivity contribution is -0.151. The average molecular weight is 369 g/mol. The van der Waals surface area contributed by atoms with Crippen molar-refractivity contribution in [2.24, 2.45) is 5.73 Å². The van der Waals surface area contributed by atoms with E-state index in [9.17, 15) is 9.59 Å². The summed E-state index contributed by atoms with van der Waals surface area (Å²) in [6.45, 7) is 0.576. The van der Waals surface area contributed by atoms with E-state index in [-0.39, 0.29) is 36.9 Å². The second-order valence-electron chi connectivity index (χ2n) is 6.73. The molecular formula is C18H25ClN2O4. The van der Waals surface area contributed by atoms with Gasteiger partial charge in [0.05, 0.1) is 19.6 Å². The molecule has 1 saturated heterocycles. The highest BCUT2D eigenvalue weighted by Crippen LogP contribution is 2.31. The quantitative estimate of drug-likeness (QED) is 0.777. The van der Waals surface area contributed by atoms with Crippen LogP contribution in [0.1, 0.15) is 30.4 Å². The van der Waals surface area contributed by atoms with E-state index in [1.807, 2.05) is 24.3 Å². The molecule has 3 rings (SSSR count). The van der Waals surface area contributed by atoms with Crippen molar-refractivity contribution in [3.8, 4) is 0 Å². The predicted octanol–water partition coefficient (Wildman–Crippen LogP) is 1.13. The lowest BCUT2D eigenvalue weighted by Gasteiger charge is -2.30. The molecule has 138 valence electrons. The van der Waals surface area contributed by atoms with Gasteiger partial charge in [0.2, 0.25) is 5.91 Å². The van der Waals surface area contributed by atoms with Gasteiger partial charge >= 0.3 is 5.97 Å². The predicted molar refractivity (Wildman–Crippen MR) is 95.6 cm³/mol. The van der Waals surface area contributed by atoms with Crippen molar-refractivity contribution in [2.75, 3.05) is 13.7 Å². The first-order chi connectivity index (χ1) is 11.5. The Balaban J connectivity index is 0.00000225. The maximum atomic E-state index is 12.5. The summed E-state index contributed by atoms with van der Waals surface area (Å²) in [4.78, 5) is 24.9. The SMILES string of the molecule is COC(=O)C1(NC(=O)CC2CC(N)CCO2)Cc2ccccc2C1.Cl. The summed E-state index contributed by atoms with van der Waals surface area (Å²) in [6.07, 6.45) is 2.41. The zero-order chi connectivity index (χ0) is 17.2. The Hall–Kier alpha value is -1.63. The number of nitrogens with one attached hydrogen (secondary N) is 1. The Bertz CT molecular complexity index is 612. The van der Waals surface area contributed by atoms with Crippen molar-refractivity contribution in [3.05, 3.63) is 35.4 Å². The van der Waals surface area contributed by atoms with Crippen LogP contribution in [0.4, 0.5) is 0 Å². The van der Waals surface area contributed by atoms with Gasteiger partial charge in [-0.2, -0.15) is 0 Å². The lowest BCUT2D eigenvalue weighted by Crippen LogP contribution is -2.56. The summed E-state index contributed by atoms with van der Waals surface area (Å²) in [7, 11) is 1.35. The summed E-state index contributed by atoms with van der Waals surface area (Å²) in [5, 5.41) is 2.92. The van der Waals surface area contributed by atoms with Gasteiger partial charge in [0.15, 0.2) is 0 Å². The van der Waals surface area contributed by atoms with E-state index in [2.05, 4.69) is 5.32 Å². The molecule has 2 atom stereocenters. The Morgan fingerprint density at radius 2 is 1.96 bits per heavy atom. The van der Waals surface area contributed by atoms with E-state index in [0.717, 1.165) is 17.5 Å². The van der Waals surface area contributed by atoms with Crippen LogP contribution in [-0.4, -0.2) is 43.3 Å². The molecule has 6 nitrogen and oxygen atoms in total. The largest absolute Gasteiger partial charge is 0.467 e. The first kappa shape index (κ1) is 19.7. The van der Waals surface area contributed by atoms with Crippen molar-refractivity contribution < 1.29 is 19.1 Å². The first-order valence-corrected chi connectivity index (χ1v) is 8.36. The molecule has 1 amide bonds. The van der Waals surface area contributed by atoms with Crippen LogP contribution in [-0.2, 0) is 31.9 Å². The lowest BCUT2D eigenvalue weighted by atomic mass is 9.94. The Labute approximate surface area is 153 Å². The van der Waals surface area contributed by atoms with Crippen molar-refractivity contribution in [1.29, 1.82) is 0 Å². The van der Waals surface area contributed by atoms with Gasteiger partial charge in [0.25, 0.3) is 0 Å². The number of carbonyl (C=O) groups excluding carboxylic acids is 2. The van der Waals surface area contributed by atoms with Gasteiger partial charge in [-0.05, 0) is 24.0 Å². The van der Waals surface area contributed by atoms with Crippen molar-refractivity contribution in [1.82, 2.24) is 5.32 Å². The normalized spacial score (nSPS) is 23.9. The van der Waals surface area contributed by atoms with Crippen LogP contribution < -0.4 is 11.1 Å². The summed E-state index contributed by atoms with van der Waals surface area (Å²) in [5.74, 6) is -0.611. The first-order valence-electron chi connectivity index (χ1n) is 8.36. The molecule has 3 N–H and O–H groups in total. The molecule has 2 unspecified atom stereocenters. The topological polar surface area (TPSA) is 90.7 Å². The number of amides is 1. The highest BCUT2D eigenvalue weighted by Gasteiger charge is 2.46. The zero-order valence-corrected chi connectivity index (χ0v) is 15.1. The minimum Gasteiger partial charge on any atom is -0.467 e. The van der Waals surface area contributed by atoms with Gasteiger partial charge in [-0.15, -0.1) is 12.4 Å². The third-order valence-electron chi connectivity index (χ3n) is 4.88. The number of benzene rings is 1. The number of ether oxygens (including phenoxy) is 2. The fourth-order valence-corrected chi connectivity index (χ4v) is 3.67. The summed E-state index contributed by atoms with van der Waals surface area (Å²) < 4.78 is 10.6. The maximum absolute atomic E-state index is 12.5. The van der Waals surface area contributed by atoms with E-state index >= 15 is 0 Å². The minimum atomic E-state index is -1.02. The van der Waals surface area contributed by atoms with E-state index in [1.165, 1.54) is 7.11 Å². The molecule has 1 aromatic carbocycles. The van der Waals surface area contributed by atoms with Crippen LogP contribution in [0.15, 0.2) is 24.3 Å². The molecule has 0 radical (unpaired) electrons. The number of nitrogens with two attached hydrogens (primary N) is 1. The van der Waals surface area contributed by atoms with Gasteiger partial charge in [-0.25, -0.2) is 4.79 Å². The molecule has 1 fully saturated rings. The molecular weight excluding hydrogens is 344 g/mol. The van der Waals surface area contributed by atoms with E-state index < -0.39 is 11.5 Å². The fraction of sp³-hybridized carbons (Fsp3) is 0.556. The van der Waals surface area contributed by atoms with Gasteiger partial charge in [-0.3, -0.25) is 4.79 Å². The highest BCUT2D eigenvalue weighted by atomic mass is 35.5. The zero-order valence-electron chi connectivity index (χ0n) is 14.3. The highest BCUT2D eigenvalue weighted by molar-refractivity contribution is 5.89. The Morgan fingerprint density at radius 1 is 1.32 bits per heavy atom. The molecule has 25 heavy (non-hydrogen) atoms. The van der Waals surface area contributed by atoms with Crippen molar-refractivity contribution in [2.45, 2.75) is 49.8 Å². The monoisotopic (exact) mass is 368 g/mol. The number of carbonyl (C=O) groups is 2. The third kappa shape index (κ3) is 4.32. The smallest absolute Gasteiger partial charge is 0.332 e. The van der Waals surface area contributed by atoms with Crippen LogP contribution in [0.25, 0.3) is 0 Å². The fourth-order valence-electron chi connectivity index (χ4n) is 3.67. The van der Waals surface area contributed by atoms with E-state index in [1.54, 1.807) is 0 Å². The standard InChI is InChI=1S/C18H24N2O4.ClH/c1-23-17(22)18(10-12-4-2-3-5-13(12)11-18)20-16(21)9-15-8-14(19)6-7-24-15;/h2-5,14-15H,6-11,19H2,1H3,(H,20,21);1H. The molecule has 1 aromatic rings. The molecule has 0 bridgehead atoms. The van der Waals surface area contributed by atoms with Crippen molar-refractivity contribution >= 4 is 24.3 Å². The summed E-state index contributed by atoms with van der Waals surface area (Å²) in [5.41, 5.74) is 7.05. The number of hydrogen-bond donors (Lipinski definition) is 2. The molecule has 2 aliphatic rings. The summed E-state index contributed by atoms with van der Waals surface area (Å²) in [6, 6.07) is 7.91. The molecule has 0 aromatic heterocycles. The maximum Gasteiger partial charge on any atom is 0.332 e. The molecule has 1 aliphatic carbocycles. The van der Waals surface area contributed by atoms with Gasteiger partial charge in [0.1, 0.15) is 5.54 Å². The van der Waals surface area contributed by atoms with Gasteiger partial charge < -0.3 is 20.5 Å².